The molecule has 1 aliphatic carbocycles. The highest BCUT2D eigenvalue weighted by Gasteiger charge is 2.46. The van der Waals surface area contributed by atoms with E-state index in [0.29, 0.717) is 0 Å². The van der Waals surface area contributed by atoms with Crippen LogP contribution in [0.5, 0.6) is 0 Å². The molecule has 1 nitrogen and oxygen atoms in total. The Bertz CT molecular complexity index is 116. The van der Waals surface area contributed by atoms with E-state index in [2.05, 4.69) is 0 Å². The van der Waals surface area contributed by atoms with Crippen molar-refractivity contribution in [3.8, 4) is 0 Å². The molecule has 1 aliphatic rings. The molecule has 0 spiro atoms. The summed E-state index contributed by atoms with van der Waals surface area (Å²) in [5.41, 5.74) is -0.0818. The van der Waals surface area contributed by atoms with Crippen LogP contribution < -0.4 is 0 Å². The van der Waals surface area contributed by atoms with Gasteiger partial charge in [0.25, 0.3) is 0 Å². The summed E-state index contributed by atoms with van der Waals surface area (Å²) >= 11 is 5.29. The first-order valence-corrected chi connectivity index (χ1v) is 3.29. The van der Waals surface area contributed by atoms with E-state index < -0.39 is 0 Å². The van der Waals surface area contributed by atoms with Crippen molar-refractivity contribution in [2.75, 3.05) is 0 Å². The van der Waals surface area contributed by atoms with Gasteiger partial charge in [-0.1, -0.05) is 6.92 Å². The zero-order chi connectivity index (χ0) is 6.20. The van der Waals surface area contributed by atoms with Gasteiger partial charge in [-0.25, -0.2) is 0 Å². The average molecular weight is 133 g/mol. The maximum absolute atomic E-state index is 10.5. The molecule has 1 fully saturated rings. The molecule has 8 heavy (non-hydrogen) atoms. The molecule has 0 N–H and O–H groups in total. The maximum Gasteiger partial charge on any atom is 0.227 e. The van der Waals surface area contributed by atoms with Crippen LogP contribution in [0.4, 0.5) is 0 Å². The van der Waals surface area contributed by atoms with Crippen LogP contribution in [0.25, 0.3) is 0 Å². The lowest BCUT2D eigenvalue weighted by atomic mass is 10.1. The predicted octanol–water partition coefficient (Wildman–Crippen LogP) is 1.94. The van der Waals surface area contributed by atoms with Gasteiger partial charge >= 0.3 is 0 Å². The third-order valence-electron chi connectivity index (χ3n) is 1.95. The van der Waals surface area contributed by atoms with Gasteiger partial charge in [-0.2, -0.15) is 0 Å². The standard InChI is InChI=1S/C6H9ClO/c1-2-6(3-4-6)5(7)8/h2-4H2,1H3. The van der Waals surface area contributed by atoms with Crippen LogP contribution in [0, 0.1) is 5.41 Å². The number of hydrogen-bond acceptors (Lipinski definition) is 1. The van der Waals surface area contributed by atoms with Crippen LogP contribution in [-0.2, 0) is 4.79 Å². The molecule has 0 unspecified atom stereocenters. The van der Waals surface area contributed by atoms with Crippen molar-refractivity contribution in [3.05, 3.63) is 0 Å². The van der Waals surface area contributed by atoms with Gasteiger partial charge in [0.05, 0.1) is 0 Å². The van der Waals surface area contributed by atoms with Crippen LogP contribution in [0.1, 0.15) is 26.2 Å². The third kappa shape index (κ3) is 0.752. The number of carbonyl (C=O) groups is 1. The Morgan fingerprint density at radius 1 is 1.75 bits per heavy atom. The van der Waals surface area contributed by atoms with Crippen LogP contribution >= 0.6 is 11.6 Å². The minimum Gasteiger partial charge on any atom is -0.281 e. The molecule has 0 aromatic heterocycles. The molecular weight excluding hydrogens is 124 g/mol. The van der Waals surface area contributed by atoms with Gasteiger partial charge in [0.15, 0.2) is 0 Å². The molecule has 0 aromatic rings. The fourth-order valence-electron chi connectivity index (χ4n) is 0.840. The summed E-state index contributed by atoms with van der Waals surface area (Å²) in [7, 11) is 0. The molecule has 0 aliphatic heterocycles. The van der Waals surface area contributed by atoms with Gasteiger partial charge in [0.2, 0.25) is 5.24 Å². The lowest BCUT2D eigenvalue weighted by molar-refractivity contribution is -0.116. The number of carbonyl (C=O) groups excluding carboxylic acids is 1. The van der Waals surface area contributed by atoms with Crippen molar-refractivity contribution >= 4 is 16.8 Å². The highest BCUT2D eigenvalue weighted by atomic mass is 35.5. The second-order valence-corrected chi connectivity index (χ2v) is 2.75. The summed E-state index contributed by atoms with van der Waals surface area (Å²) in [4.78, 5) is 10.5. The lowest BCUT2D eigenvalue weighted by Gasteiger charge is -2.01. The van der Waals surface area contributed by atoms with E-state index in [1.54, 1.807) is 0 Å². The van der Waals surface area contributed by atoms with E-state index >= 15 is 0 Å². The smallest absolute Gasteiger partial charge is 0.227 e. The van der Waals surface area contributed by atoms with E-state index in [0.717, 1.165) is 19.3 Å². The summed E-state index contributed by atoms with van der Waals surface area (Å²) in [6, 6.07) is 0. The van der Waals surface area contributed by atoms with Crippen molar-refractivity contribution < 1.29 is 4.79 Å². The normalized spacial score (nSPS) is 22.8. The fraction of sp³-hybridized carbons (Fsp3) is 0.833. The second kappa shape index (κ2) is 1.73. The molecule has 0 aromatic carbocycles. The Labute approximate surface area is 54.0 Å². The molecule has 0 saturated heterocycles. The second-order valence-electron chi connectivity index (χ2n) is 2.41. The topological polar surface area (TPSA) is 17.1 Å². The van der Waals surface area contributed by atoms with Gasteiger partial charge in [0, 0.05) is 5.41 Å². The van der Waals surface area contributed by atoms with Crippen LogP contribution in [0.2, 0.25) is 0 Å². The number of halogens is 1. The van der Waals surface area contributed by atoms with Gasteiger partial charge in [-0.3, -0.25) is 4.79 Å². The average Bonchev–Trinajstić information content (AvgIpc) is 2.44. The minimum absolute atomic E-state index is 0.0818. The molecular formula is C6H9ClO. The number of hydrogen-bond donors (Lipinski definition) is 0. The molecule has 0 bridgehead atoms. The Morgan fingerprint density at radius 2 is 2.25 bits per heavy atom. The highest BCUT2D eigenvalue weighted by molar-refractivity contribution is 6.65. The minimum atomic E-state index is -0.139. The van der Waals surface area contributed by atoms with Gasteiger partial charge in [-0.05, 0) is 30.9 Å². The largest absolute Gasteiger partial charge is 0.281 e. The number of rotatable bonds is 2. The maximum atomic E-state index is 10.5. The summed E-state index contributed by atoms with van der Waals surface area (Å²) in [5, 5.41) is -0.139. The Morgan fingerprint density at radius 3 is 2.25 bits per heavy atom. The Hall–Kier alpha value is -0.0400. The van der Waals surface area contributed by atoms with E-state index in [4.69, 9.17) is 11.6 Å². The first-order valence-electron chi connectivity index (χ1n) is 2.91. The first-order chi connectivity index (χ1) is 3.71. The van der Waals surface area contributed by atoms with Crippen molar-refractivity contribution in [1.82, 2.24) is 0 Å². The quantitative estimate of drug-likeness (QED) is 0.525. The first kappa shape index (κ1) is 6.09. The molecule has 0 atom stereocenters. The molecule has 1 saturated carbocycles. The molecule has 0 radical (unpaired) electrons. The predicted molar refractivity (Wildman–Crippen MR) is 32.8 cm³/mol. The Balaban J connectivity index is 2.53. The summed E-state index contributed by atoms with van der Waals surface area (Å²) in [6.07, 6.45) is 2.92. The highest BCUT2D eigenvalue weighted by Crippen LogP contribution is 2.50. The van der Waals surface area contributed by atoms with E-state index in [1.165, 1.54) is 0 Å². The molecule has 46 valence electrons. The third-order valence-corrected chi connectivity index (χ3v) is 2.35. The zero-order valence-electron chi connectivity index (χ0n) is 4.91. The molecule has 0 amide bonds. The zero-order valence-corrected chi connectivity index (χ0v) is 5.66. The van der Waals surface area contributed by atoms with Gasteiger partial charge in [0.1, 0.15) is 0 Å². The lowest BCUT2D eigenvalue weighted by Crippen LogP contribution is -2.06. The molecule has 2 heteroatoms. The van der Waals surface area contributed by atoms with E-state index in [-0.39, 0.29) is 10.7 Å². The van der Waals surface area contributed by atoms with E-state index in [1.807, 2.05) is 6.92 Å². The summed E-state index contributed by atoms with van der Waals surface area (Å²) in [6.45, 7) is 2.01. The van der Waals surface area contributed by atoms with Crippen molar-refractivity contribution in [3.63, 3.8) is 0 Å². The van der Waals surface area contributed by atoms with Gasteiger partial charge < -0.3 is 0 Å². The van der Waals surface area contributed by atoms with Gasteiger partial charge in [-0.15, -0.1) is 0 Å². The SMILES string of the molecule is CCC1(C(=O)Cl)CC1. The van der Waals surface area contributed by atoms with Crippen molar-refractivity contribution in [1.29, 1.82) is 0 Å². The monoisotopic (exact) mass is 132 g/mol. The molecule has 0 heterocycles. The molecule has 1 rings (SSSR count). The Kier molecular flexibility index (Phi) is 1.31. The van der Waals surface area contributed by atoms with Crippen LogP contribution in [0.3, 0.4) is 0 Å². The van der Waals surface area contributed by atoms with E-state index in [9.17, 15) is 4.79 Å². The fourth-order valence-corrected chi connectivity index (χ4v) is 1.16. The van der Waals surface area contributed by atoms with Crippen LogP contribution in [0.15, 0.2) is 0 Å². The summed E-state index contributed by atoms with van der Waals surface area (Å²) < 4.78 is 0. The van der Waals surface area contributed by atoms with Crippen molar-refractivity contribution in [2.24, 2.45) is 5.41 Å². The summed E-state index contributed by atoms with van der Waals surface area (Å²) in [5.74, 6) is 0. The van der Waals surface area contributed by atoms with Crippen molar-refractivity contribution in [2.45, 2.75) is 26.2 Å². The van der Waals surface area contributed by atoms with Crippen LogP contribution in [-0.4, -0.2) is 5.24 Å².